The Hall–Kier alpha value is -3.84. The number of methoxy groups -OCH3 is 2. The zero-order valence-electron chi connectivity index (χ0n) is 21.8. The number of anilines is 1. The molecule has 0 spiro atoms. The number of hydrogen-bond acceptors (Lipinski definition) is 6. The number of imide groups is 1. The minimum Gasteiger partial charge on any atom is -0.493 e. The van der Waals surface area contributed by atoms with E-state index in [-0.39, 0.29) is 30.4 Å². The van der Waals surface area contributed by atoms with Crippen molar-refractivity contribution in [2.75, 3.05) is 32.2 Å². The van der Waals surface area contributed by atoms with Crippen molar-refractivity contribution in [3.05, 3.63) is 89.0 Å². The first-order valence-corrected chi connectivity index (χ1v) is 12.7. The molecule has 0 bridgehead atoms. The highest BCUT2D eigenvalue weighted by Crippen LogP contribution is 2.35. The van der Waals surface area contributed by atoms with Gasteiger partial charge in [0.25, 0.3) is 11.8 Å². The summed E-state index contributed by atoms with van der Waals surface area (Å²) in [4.78, 5) is 33.1. The van der Waals surface area contributed by atoms with Gasteiger partial charge in [0.2, 0.25) is 0 Å². The molecule has 1 fully saturated rings. The Bertz CT molecular complexity index is 1300. The second-order valence-corrected chi connectivity index (χ2v) is 9.85. The van der Waals surface area contributed by atoms with Crippen molar-refractivity contribution in [2.45, 2.75) is 39.0 Å². The van der Waals surface area contributed by atoms with Gasteiger partial charge in [-0.2, -0.15) is 0 Å². The van der Waals surface area contributed by atoms with Gasteiger partial charge >= 0.3 is 0 Å². The van der Waals surface area contributed by atoms with Crippen molar-refractivity contribution >= 4 is 17.5 Å². The van der Waals surface area contributed by atoms with Crippen molar-refractivity contribution in [1.29, 1.82) is 0 Å². The SMILES string of the molecule is COc1ccc(CN2C(=O)c3cccc(N4C[C@@H](C)N(Cc5ccccc5)[C@@H](C)C4)c3C2=O)cc1OC. The van der Waals surface area contributed by atoms with E-state index < -0.39 is 0 Å². The lowest BCUT2D eigenvalue weighted by Gasteiger charge is -2.45. The fourth-order valence-corrected chi connectivity index (χ4v) is 5.54. The Morgan fingerprint density at radius 2 is 1.46 bits per heavy atom. The lowest BCUT2D eigenvalue weighted by molar-refractivity contribution is 0.0642. The van der Waals surface area contributed by atoms with Gasteiger partial charge in [-0.15, -0.1) is 0 Å². The van der Waals surface area contributed by atoms with Crippen molar-refractivity contribution in [3.8, 4) is 11.5 Å². The topological polar surface area (TPSA) is 62.3 Å². The van der Waals surface area contributed by atoms with Gasteiger partial charge in [-0.25, -0.2) is 0 Å². The van der Waals surface area contributed by atoms with Crippen molar-refractivity contribution < 1.29 is 19.1 Å². The van der Waals surface area contributed by atoms with Crippen LogP contribution < -0.4 is 14.4 Å². The highest BCUT2D eigenvalue weighted by atomic mass is 16.5. The van der Waals surface area contributed by atoms with Crippen LogP contribution in [0.4, 0.5) is 5.69 Å². The molecule has 5 rings (SSSR count). The normalized spacial score (nSPS) is 19.8. The molecule has 0 saturated carbocycles. The summed E-state index contributed by atoms with van der Waals surface area (Å²) in [5.74, 6) is 0.650. The number of ether oxygens (including phenoxy) is 2. The fourth-order valence-electron chi connectivity index (χ4n) is 5.54. The van der Waals surface area contributed by atoms with Crippen molar-refractivity contribution in [3.63, 3.8) is 0 Å². The Balaban J connectivity index is 1.37. The molecule has 7 nitrogen and oxygen atoms in total. The predicted octanol–water partition coefficient (Wildman–Crippen LogP) is 4.60. The van der Waals surface area contributed by atoms with Gasteiger partial charge in [0.05, 0.1) is 37.6 Å². The number of fused-ring (bicyclic) bond motifs is 1. The number of piperazine rings is 1. The third kappa shape index (κ3) is 4.67. The van der Waals surface area contributed by atoms with Gasteiger partial charge in [-0.3, -0.25) is 19.4 Å². The van der Waals surface area contributed by atoms with Gasteiger partial charge in [0.15, 0.2) is 11.5 Å². The summed E-state index contributed by atoms with van der Waals surface area (Å²) in [6.07, 6.45) is 0. The molecule has 7 heteroatoms. The van der Waals surface area contributed by atoms with Crippen LogP contribution in [0.2, 0.25) is 0 Å². The zero-order chi connectivity index (χ0) is 26.1. The second-order valence-electron chi connectivity index (χ2n) is 9.85. The molecule has 3 aromatic rings. The number of benzene rings is 3. The molecule has 2 amide bonds. The highest BCUT2D eigenvalue weighted by molar-refractivity contribution is 6.23. The van der Waals surface area contributed by atoms with E-state index in [1.54, 1.807) is 32.4 Å². The van der Waals surface area contributed by atoms with Crippen molar-refractivity contribution in [2.24, 2.45) is 0 Å². The standard InChI is InChI=1S/C30H33N3O4/c1-20-16-31(17-21(2)32(20)18-22-9-6-5-7-10-22)25-12-8-11-24-28(25)30(35)33(29(24)34)19-23-13-14-26(36-3)27(15-23)37-4/h5-15,20-21H,16-19H2,1-4H3/t20-,21+. The van der Waals surface area contributed by atoms with Crippen LogP contribution in [-0.4, -0.2) is 61.0 Å². The molecule has 2 aliphatic heterocycles. The molecule has 3 aromatic carbocycles. The molecule has 1 saturated heterocycles. The van der Waals surface area contributed by atoms with E-state index in [1.165, 1.54) is 10.5 Å². The van der Waals surface area contributed by atoms with Crippen LogP contribution in [0, 0.1) is 0 Å². The second kappa shape index (κ2) is 10.3. The molecule has 192 valence electrons. The minimum absolute atomic E-state index is 0.170. The fraction of sp³-hybridized carbons (Fsp3) is 0.333. The first-order valence-electron chi connectivity index (χ1n) is 12.7. The third-order valence-corrected chi connectivity index (χ3v) is 7.42. The summed E-state index contributed by atoms with van der Waals surface area (Å²) in [7, 11) is 3.14. The van der Waals surface area contributed by atoms with E-state index in [4.69, 9.17) is 9.47 Å². The Kier molecular flexibility index (Phi) is 6.89. The van der Waals surface area contributed by atoms with E-state index in [0.29, 0.717) is 22.6 Å². The maximum absolute atomic E-state index is 13.6. The van der Waals surface area contributed by atoms with Crippen LogP contribution in [0.15, 0.2) is 66.7 Å². The minimum atomic E-state index is -0.263. The van der Waals surface area contributed by atoms with Gasteiger partial charge < -0.3 is 14.4 Å². The smallest absolute Gasteiger partial charge is 0.263 e. The van der Waals surface area contributed by atoms with Crippen molar-refractivity contribution in [1.82, 2.24) is 9.80 Å². The Morgan fingerprint density at radius 1 is 0.757 bits per heavy atom. The average Bonchev–Trinajstić information content (AvgIpc) is 3.16. The molecule has 2 atom stereocenters. The molecule has 2 heterocycles. The molecule has 37 heavy (non-hydrogen) atoms. The first-order chi connectivity index (χ1) is 17.9. The molecule has 0 unspecified atom stereocenters. The van der Waals surface area contributed by atoms with Gasteiger partial charge in [0.1, 0.15) is 0 Å². The van der Waals surface area contributed by atoms with E-state index in [0.717, 1.165) is 30.9 Å². The lowest BCUT2D eigenvalue weighted by atomic mass is 10.0. The number of nitrogens with zero attached hydrogens (tertiary/aromatic N) is 3. The number of hydrogen-bond donors (Lipinski definition) is 0. The van der Waals surface area contributed by atoms with Crippen LogP contribution in [0.3, 0.4) is 0 Å². The number of rotatable bonds is 7. The molecule has 0 N–H and O–H groups in total. The summed E-state index contributed by atoms with van der Waals surface area (Å²) in [5.41, 5.74) is 3.90. The number of carbonyl (C=O) groups excluding carboxylic acids is 2. The lowest BCUT2D eigenvalue weighted by Crippen LogP contribution is -2.56. The number of amides is 2. The van der Waals surface area contributed by atoms with E-state index >= 15 is 0 Å². The Labute approximate surface area is 218 Å². The zero-order valence-corrected chi connectivity index (χ0v) is 21.8. The van der Waals surface area contributed by atoms with E-state index in [1.807, 2.05) is 24.3 Å². The van der Waals surface area contributed by atoms with Crippen LogP contribution in [0.1, 0.15) is 45.7 Å². The van der Waals surface area contributed by atoms with Crippen LogP contribution >= 0.6 is 0 Å². The number of carbonyl (C=O) groups is 2. The molecule has 2 aliphatic rings. The molecular formula is C30H33N3O4. The quantitative estimate of drug-likeness (QED) is 0.443. The van der Waals surface area contributed by atoms with Gasteiger partial charge in [-0.05, 0) is 49.2 Å². The van der Waals surface area contributed by atoms with E-state index in [9.17, 15) is 9.59 Å². The molecule has 0 aliphatic carbocycles. The van der Waals surface area contributed by atoms with Gasteiger partial charge in [0, 0.05) is 31.7 Å². The highest BCUT2D eigenvalue weighted by Gasteiger charge is 2.40. The summed E-state index contributed by atoms with van der Waals surface area (Å²) in [6, 6.07) is 22.1. The largest absolute Gasteiger partial charge is 0.493 e. The van der Waals surface area contributed by atoms with E-state index in [2.05, 4.69) is 47.9 Å². The third-order valence-electron chi connectivity index (χ3n) is 7.42. The molecular weight excluding hydrogens is 466 g/mol. The summed E-state index contributed by atoms with van der Waals surface area (Å²) in [6.45, 7) is 7.08. The maximum atomic E-state index is 13.6. The molecule has 0 aromatic heterocycles. The van der Waals surface area contributed by atoms with Crippen LogP contribution in [0.5, 0.6) is 11.5 Å². The summed E-state index contributed by atoms with van der Waals surface area (Å²) >= 11 is 0. The first kappa shape index (κ1) is 24.8. The maximum Gasteiger partial charge on any atom is 0.263 e. The average molecular weight is 500 g/mol. The predicted molar refractivity (Wildman–Crippen MR) is 143 cm³/mol. The molecule has 0 radical (unpaired) electrons. The summed E-state index contributed by atoms with van der Waals surface area (Å²) < 4.78 is 10.7. The van der Waals surface area contributed by atoms with Crippen LogP contribution in [-0.2, 0) is 13.1 Å². The summed E-state index contributed by atoms with van der Waals surface area (Å²) in [5, 5.41) is 0. The Morgan fingerprint density at radius 3 is 2.14 bits per heavy atom. The monoisotopic (exact) mass is 499 g/mol. The van der Waals surface area contributed by atoms with Gasteiger partial charge in [-0.1, -0.05) is 42.5 Å². The van der Waals surface area contributed by atoms with Crippen LogP contribution in [0.25, 0.3) is 0 Å².